The van der Waals surface area contributed by atoms with Crippen LogP contribution in [0, 0.1) is 0 Å². The number of nitrogens with zero attached hydrogens (tertiary/aromatic N) is 4. The second-order valence-electron chi connectivity index (χ2n) is 4.71. The predicted octanol–water partition coefficient (Wildman–Crippen LogP) is 1.47. The molecule has 1 amide bonds. The molecular weight excluding hydrogens is 365 g/mol. The Morgan fingerprint density at radius 2 is 1.91 bits per heavy atom. The van der Waals surface area contributed by atoms with Gasteiger partial charge in [0.25, 0.3) is 16.0 Å². The lowest BCUT2D eigenvalue weighted by Gasteiger charge is -2.09. The zero-order chi connectivity index (χ0) is 17.2. The van der Waals surface area contributed by atoms with Gasteiger partial charge < -0.3 is 4.90 Å². The van der Waals surface area contributed by atoms with Crippen LogP contribution >= 0.6 is 23.2 Å². The van der Waals surface area contributed by atoms with Crippen molar-refractivity contribution in [2.24, 2.45) is 0 Å². The van der Waals surface area contributed by atoms with Gasteiger partial charge in [0.05, 0.1) is 10.0 Å². The van der Waals surface area contributed by atoms with Crippen LogP contribution in [0.3, 0.4) is 0 Å². The van der Waals surface area contributed by atoms with E-state index >= 15 is 0 Å². The Kier molecular flexibility index (Phi) is 5.12. The van der Waals surface area contributed by atoms with E-state index in [4.69, 9.17) is 23.2 Å². The van der Waals surface area contributed by atoms with E-state index in [0.29, 0.717) is 0 Å². The summed E-state index contributed by atoms with van der Waals surface area (Å²) in [7, 11) is -0.855. The van der Waals surface area contributed by atoms with Crippen LogP contribution in [0.5, 0.6) is 0 Å². The summed E-state index contributed by atoms with van der Waals surface area (Å²) < 4.78 is 28.1. The summed E-state index contributed by atoms with van der Waals surface area (Å²) in [5.41, 5.74) is 0. The van der Waals surface area contributed by atoms with Crippen molar-refractivity contribution in [3.05, 3.63) is 34.6 Å². The minimum absolute atomic E-state index is 0.0211. The van der Waals surface area contributed by atoms with Crippen LogP contribution in [0.4, 0.5) is 5.95 Å². The Labute approximate surface area is 143 Å². The number of rotatable bonds is 5. The number of aromatic nitrogens is 3. The Balaban J connectivity index is 2.22. The minimum atomic E-state index is -4.05. The average Bonchev–Trinajstić information content (AvgIpc) is 2.84. The molecule has 0 saturated heterocycles. The van der Waals surface area contributed by atoms with Crippen LogP contribution in [0.2, 0.25) is 10.0 Å². The molecule has 2 rings (SSSR count). The maximum atomic E-state index is 12.3. The second kappa shape index (κ2) is 6.73. The number of benzene rings is 1. The topological polar surface area (TPSA) is 97.2 Å². The Morgan fingerprint density at radius 3 is 2.48 bits per heavy atom. The van der Waals surface area contributed by atoms with E-state index in [0.717, 1.165) is 0 Å². The molecule has 8 nitrogen and oxygen atoms in total. The van der Waals surface area contributed by atoms with E-state index in [2.05, 4.69) is 14.8 Å². The van der Waals surface area contributed by atoms with Crippen molar-refractivity contribution >= 4 is 45.1 Å². The molecule has 0 aliphatic rings. The summed E-state index contributed by atoms with van der Waals surface area (Å²) in [6.07, 6.45) is 1.24. The number of amides is 1. The van der Waals surface area contributed by atoms with Gasteiger partial charge in [-0.05, 0) is 12.1 Å². The smallest absolute Gasteiger partial charge is 0.267 e. The fourth-order valence-electron chi connectivity index (χ4n) is 1.61. The number of carbonyl (C=O) groups is 1. The predicted molar refractivity (Wildman–Crippen MR) is 86.0 cm³/mol. The van der Waals surface area contributed by atoms with E-state index in [1.54, 1.807) is 14.1 Å². The number of hydrogen-bond acceptors (Lipinski definition) is 5. The molecule has 0 fully saturated rings. The van der Waals surface area contributed by atoms with E-state index in [-0.39, 0.29) is 33.3 Å². The lowest BCUT2D eigenvalue weighted by molar-refractivity contribution is -0.129. The third-order valence-corrected chi connectivity index (χ3v) is 5.03. The first-order valence-corrected chi connectivity index (χ1v) is 8.51. The number of halogens is 2. The van der Waals surface area contributed by atoms with Gasteiger partial charge in [-0.2, -0.15) is 4.98 Å². The summed E-state index contributed by atoms with van der Waals surface area (Å²) in [6, 6.07) is 4.34. The zero-order valence-electron chi connectivity index (χ0n) is 12.2. The highest BCUT2D eigenvalue weighted by Gasteiger charge is 2.23. The SMILES string of the molecule is CN(C)C(=O)Cn1cnc(NS(=O)(=O)c2c(Cl)cccc2Cl)n1. The minimum Gasteiger partial charge on any atom is -0.347 e. The molecule has 0 radical (unpaired) electrons. The molecule has 0 bridgehead atoms. The highest BCUT2D eigenvalue weighted by Crippen LogP contribution is 2.29. The van der Waals surface area contributed by atoms with Crippen molar-refractivity contribution in [1.29, 1.82) is 0 Å². The van der Waals surface area contributed by atoms with Gasteiger partial charge in [-0.3, -0.25) is 4.79 Å². The van der Waals surface area contributed by atoms with E-state index < -0.39 is 10.0 Å². The first-order valence-electron chi connectivity index (χ1n) is 6.27. The monoisotopic (exact) mass is 377 g/mol. The largest absolute Gasteiger partial charge is 0.347 e. The van der Waals surface area contributed by atoms with Crippen LogP contribution in [-0.4, -0.2) is 48.1 Å². The van der Waals surface area contributed by atoms with E-state index in [1.165, 1.54) is 34.1 Å². The quantitative estimate of drug-likeness (QED) is 0.850. The molecule has 1 aromatic carbocycles. The summed E-state index contributed by atoms with van der Waals surface area (Å²) in [6.45, 7) is -0.0609. The molecule has 0 spiro atoms. The number of anilines is 1. The fraction of sp³-hybridized carbons (Fsp3) is 0.250. The molecule has 0 saturated carbocycles. The molecule has 0 aliphatic heterocycles. The third-order valence-electron chi connectivity index (χ3n) is 2.75. The molecule has 23 heavy (non-hydrogen) atoms. The normalized spacial score (nSPS) is 11.3. The van der Waals surface area contributed by atoms with Crippen molar-refractivity contribution in [3.8, 4) is 0 Å². The van der Waals surface area contributed by atoms with E-state index in [9.17, 15) is 13.2 Å². The number of likely N-dealkylation sites (N-methyl/N-ethyl adjacent to an activating group) is 1. The van der Waals surface area contributed by atoms with Crippen molar-refractivity contribution in [2.75, 3.05) is 18.8 Å². The van der Waals surface area contributed by atoms with Crippen LogP contribution in [0.1, 0.15) is 0 Å². The first kappa shape index (κ1) is 17.5. The fourth-order valence-corrected chi connectivity index (χ4v) is 3.70. The number of hydrogen-bond donors (Lipinski definition) is 1. The van der Waals surface area contributed by atoms with Gasteiger partial charge >= 0.3 is 0 Å². The highest BCUT2D eigenvalue weighted by molar-refractivity contribution is 7.93. The number of carbonyl (C=O) groups excluding carboxylic acids is 1. The molecule has 124 valence electrons. The molecule has 11 heteroatoms. The summed E-state index contributed by atoms with van der Waals surface area (Å²) in [5, 5.41) is 3.84. The van der Waals surface area contributed by atoms with Crippen LogP contribution < -0.4 is 4.72 Å². The van der Waals surface area contributed by atoms with E-state index in [1.807, 2.05) is 0 Å². The summed E-state index contributed by atoms with van der Waals surface area (Å²) >= 11 is 11.8. The van der Waals surface area contributed by atoms with Gasteiger partial charge in [0, 0.05) is 14.1 Å². The van der Waals surface area contributed by atoms with Crippen LogP contribution in [0.25, 0.3) is 0 Å². The molecule has 0 atom stereocenters. The Hall–Kier alpha value is -1.84. The van der Waals surface area contributed by atoms with Crippen molar-refractivity contribution in [2.45, 2.75) is 11.4 Å². The molecular formula is C12H13Cl2N5O3S. The first-order chi connectivity index (χ1) is 10.7. The molecule has 2 aromatic rings. The molecule has 1 heterocycles. The summed E-state index contributed by atoms with van der Waals surface area (Å²) in [5.74, 6) is -0.397. The Bertz CT molecular complexity index is 815. The van der Waals surface area contributed by atoms with Crippen LogP contribution in [0.15, 0.2) is 29.4 Å². The maximum Gasteiger partial charge on any atom is 0.267 e. The zero-order valence-corrected chi connectivity index (χ0v) is 14.5. The second-order valence-corrected chi connectivity index (χ2v) is 7.14. The number of nitrogens with one attached hydrogen (secondary N) is 1. The van der Waals surface area contributed by atoms with Gasteiger partial charge in [0.15, 0.2) is 0 Å². The lowest BCUT2D eigenvalue weighted by atomic mass is 10.4. The molecule has 1 N–H and O–H groups in total. The maximum absolute atomic E-state index is 12.3. The third kappa shape index (κ3) is 4.12. The van der Waals surface area contributed by atoms with Crippen molar-refractivity contribution in [3.63, 3.8) is 0 Å². The van der Waals surface area contributed by atoms with Gasteiger partial charge in [0.1, 0.15) is 17.8 Å². The molecule has 0 aliphatic carbocycles. The van der Waals surface area contributed by atoms with Crippen molar-refractivity contribution < 1.29 is 13.2 Å². The Morgan fingerprint density at radius 1 is 1.30 bits per heavy atom. The van der Waals surface area contributed by atoms with Gasteiger partial charge in [-0.15, -0.1) is 5.10 Å². The van der Waals surface area contributed by atoms with Gasteiger partial charge in [-0.25, -0.2) is 17.8 Å². The molecule has 0 unspecified atom stereocenters. The average molecular weight is 378 g/mol. The van der Waals surface area contributed by atoms with Gasteiger partial charge in [-0.1, -0.05) is 29.3 Å². The molecule has 1 aromatic heterocycles. The van der Waals surface area contributed by atoms with Crippen molar-refractivity contribution in [1.82, 2.24) is 19.7 Å². The van der Waals surface area contributed by atoms with Gasteiger partial charge in [0.2, 0.25) is 5.91 Å². The number of sulfonamides is 1. The summed E-state index contributed by atoms with van der Waals surface area (Å²) in [4.78, 5) is 16.5. The standard InChI is InChI=1S/C12H13Cl2N5O3S/c1-18(2)10(20)6-19-7-15-12(16-19)17-23(21,22)11-8(13)4-3-5-9(11)14/h3-5,7H,6H2,1-2H3,(H,16,17). The highest BCUT2D eigenvalue weighted by atomic mass is 35.5. The lowest BCUT2D eigenvalue weighted by Crippen LogP contribution is -2.26. The van der Waals surface area contributed by atoms with Crippen LogP contribution in [-0.2, 0) is 21.4 Å².